The van der Waals surface area contributed by atoms with Crippen molar-refractivity contribution in [3.8, 4) is 0 Å². The number of nitrogens with zero attached hydrogens (tertiary/aromatic N) is 2. The number of aryl methyl sites for hydroxylation is 1. The van der Waals surface area contributed by atoms with Gasteiger partial charge in [0, 0.05) is 11.9 Å². The molecule has 1 heterocycles. The average molecular weight is 241 g/mol. The smallest absolute Gasteiger partial charge is 0.144 e. The molecule has 1 aromatic heterocycles. The Kier molecular flexibility index (Phi) is 3.60. The summed E-state index contributed by atoms with van der Waals surface area (Å²) in [5.41, 5.74) is 8.91. The number of para-hydroxylation sites is 1. The third-order valence-corrected chi connectivity index (χ3v) is 2.81. The van der Waals surface area contributed by atoms with E-state index in [1.165, 1.54) is 5.56 Å². The van der Waals surface area contributed by atoms with E-state index in [2.05, 4.69) is 36.8 Å². The van der Waals surface area contributed by atoms with Gasteiger partial charge in [0.2, 0.25) is 0 Å². The number of benzene rings is 1. The van der Waals surface area contributed by atoms with E-state index < -0.39 is 0 Å². The highest BCUT2D eigenvalue weighted by Crippen LogP contribution is 2.17. The number of rotatable bonds is 3. The van der Waals surface area contributed by atoms with Crippen LogP contribution in [0, 0.1) is 12.8 Å². The zero-order valence-electron chi connectivity index (χ0n) is 11.1. The molecule has 0 aliphatic rings. The summed E-state index contributed by atoms with van der Waals surface area (Å²) < 4.78 is 0. The van der Waals surface area contributed by atoms with Gasteiger partial charge in [-0.2, -0.15) is 0 Å². The van der Waals surface area contributed by atoms with Crippen LogP contribution in [0.1, 0.15) is 25.1 Å². The third kappa shape index (κ3) is 2.67. The summed E-state index contributed by atoms with van der Waals surface area (Å²) >= 11 is 0. The molecule has 0 saturated heterocycles. The van der Waals surface area contributed by atoms with Crippen molar-refractivity contribution in [1.29, 1.82) is 0 Å². The quantitative estimate of drug-likeness (QED) is 0.663. The summed E-state index contributed by atoms with van der Waals surface area (Å²) in [5.74, 6) is 1.03. The number of hydrogen-bond donors (Lipinski definition) is 1. The summed E-state index contributed by atoms with van der Waals surface area (Å²) in [5, 5.41) is 1.16. The minimum atomic E-state index is 0.505. The first-order valence-corrected chi connectivity index (χ1v) is 6.24. The molecule has 0 radical (unpaired) electrons. The molecule has 1 aromatic carbocycles. The predicted octanol–water partition coefficient (Wildman–Crippen LogP) is 2.90. The van der Waals surface area contributed by atoms with Crippen molar-refractivity contribution in [3.05, 3.63) is 41.6 Å². The van der Waals surface area contributed by atoms with Crippen LogP contribution >= 0.6 is 0 Å². The second kappa shape index (κ2) is 5.17. The summed E-state index contributed by atoms with van der Waals surface area (Å²) in [4.78, 5) is 8.93. The fraction of sp³-hybridized carbons (Fsp3) is 0.333. The highest BCUT2D eigenvalue weighted by molar-refractivity contribution is 5.98. The van der Waals surface area contributed by atoms with E-state index in [4.69, 9.17) is 5.73 Å². The van der Waals surface area contributed by atoms with E-state index in [-0.39, 0.29) is 0 Å². The molecule has 0 aliphatic heterocycles. The lowest BCUT2D eigenvalue weighted by Crippen LogP contribution is -2.17. The van der Waals surface area contributed by atoms with Crippen LogP contribution in [0.2, 0.25) is 0 Å². The normalized spacial score (nSPS) is 12.3. The second-order valence-corrected chi connectivity index (χ2v) is 4.96. The van der Waals surface area contributed by atoms with Crippen molar-refractivity contribution in [2.45, 2.75) is 20.8 Å². The fourth-order valence-corrected chi connectivity index (χ4v) is 1.84. The molecule has 0 fully saturated rings. The lowest BCUT2D eigenvalue weighted by molar-refractivity contribution is 0.665. The van der Waals surface area contributed by atoms with Gasteiger partial charge in [0.15, 0.2) is 0 Å². The molecule has 0 unspecified atom stereocenters. The lowest BCUT2D eigenvalue weighted by atomic mass is 10.1. The van der Waals surface area contributed by atoms with Gasteiger partial charge in [-0.15, -0.1) is 0 Å². The van der Waals surface area contributed by atoms with Crippen LogP contribution in [0.5, 0.6) is 0 Å². The molecule has 0 amide bonds. The number of aromatic nitrogens is 1. The van der Waals surface area contributed by atoms with Gasteiger partial charge in [-0.05, 0) is 30.5 Å². The maximum atomic E-state index is 5.99. The SMILES string of the molecule is Cc1cc(C(N)=NCC(C)C)nc2ccccc12. The van der Waals surface area contributed by atoms with Crippen molar-refractivity contribution in [2.24, 2.45) is 16.6 Å². The summed E-state index contributed by atoms with van der Waals surface area (Å²) in [6.07, 6.45) is 0. The Hall–Kier alpha value is -1.90. The first-order chi connectivity index (χ1) is 8.58. The number of fused-ring (bicyclic) bond motifs is 1. The van der Waals surface area contributed by atoms with Crippen LogP contribution in [0.4, 0.5) is 0 Å². The standard InChI is InChI=1S/C15H19N3/c1-10(2)9-17-15(16)14-8-11(3)12-6-4-5-7-13(12)18-14/h4-8,10H,9H2,1-3H3,(H2,16,17). The highest BCUT2D eigenvalue weighted by atomic mass is 14.9. The van der Waals surface area contributed by atoms with Gasteiger partial charge in [-0.25, -0.2) is 4.98 Å². The van der Waals surface area contributed by atoms with Gasteiger partial charge in [0.05, 0.1) is 5.52 Å². The molecule has 18 heavy (non-hydrogen) atoms. The minimum Gasteiger partial charge on any atom is -0.382 e. The number of aliphatic imine (C=N–C) groups is 1. The monoisotopic (exact) mass is 241 g/mol. The molecule has 0 spiro atoms. The largest absolute Gasteiger partial charge is 0.382 e. The number of nitrogens with two attached hydrogens (primary N) is 1. The summed E-state index contributed by atoms with van der Waals surface area (Å²) in [7, 11) is 0. The van der Waals surface area contributed by atoms with Crippen molar-refractivity contribution in [2.75, 3.05) is 6.54 Å². The Morgan fingerprint density at radius 1 is 1.33 bits per heavy atom. The molecule has 0 aliphatic carbocycles. The average Bonchev–Trinajstić information content (AvgIpc) is 2.36. The topological polar surface area (TPSA) is 51.3 Å². The summed E-state index contributed by atoms with van der Waals surface area (Å²) in [6, 6.07) is 10.1. The van der Waals surface area contributed by atoms with Crippen molar-refractivity contribution >= 4 is 16.7 Å². The number of amidine groups is 1. The molecule has 2 N–H and O–H groups in total. The van der Waals surface area contributed by atoms with Gasteiger partial charge in [0.25, 0.3) is 0 Å². The first kappa shape index (κ1) is 12.6. The molecule has 0 atom stereocenters. The molecule has 2 aromatic rings. The van der Waals surface area contributed by atoms with Crippen LogP contribution < -0.4 is 5.73 Å². The lowest BCUT2D eigenvalue weighted by Gasteiger charge is -2.07. The van der Waals surface area contributed by atoms with Crippen LogP contribution in [0.15, 0.2) is 35.3 Å². The molecule has 3 heteroatoms. The molecular weight excluding hydrogens is 222 g/mol. The number of hydrogen-bond acceptors (Lipinski definition) is 2. The molecule has 2 rings (SSSR count). The second-order valence-electron chi connectivity index (χ2n) is 4.96. The zero-order valence-corrected chi connectivity index (χ0v) is 11.1. The Morgan fingerprint density at radius 3 is 2.78 bits per heavy atom. The molecular formula is C15H19N3. The highest BCUT2D eigenvalue weighted by Gasteiger charge is 2.05. The molecule has 3 nitrogen and oxygen atoms in total. The zero-order chi connectivity index (χ0) is 13.1. The van der Waals surface area contributed by atoms with E-state index in [1.54, 1.807) is 0 Å². The Morgan fingerprint density at radius 2 is 2.06 bits per heavy atom. The van der Waals surface area contributed by atoms with E-state index >= 15 is 0 Å². The van der Waals surface area contributed by atoms with E-state index in [1.807, 2.05) is 24.3 Å². The predicted molar refractivity (Wildman–Crippen MR) is 76.9 cm³/mol. The van der Waals surface area contributed by atoms with Gasteiger partial charge in [0.1, 0.15) is 11.5 Å². The van der Waals surface area contributed by atoms with Gasteiger partial charge < -0.3 is 5.73 Å². The van der Waals surface area contributed by atoms with Crippen molar-refractivity contribution in [1.82, 2.24) is 4.98 Å². The van der Waals surface area contributed by atoms with E-state index in [0.717, 1.165) is 23.1 Å². The Bertz CT molecular complexity index is 585. The van der Waals surface area contributed by atoms with Crippen LogP contribution in [-0.4, -0.2) is 17.4 Å². The van der Waals surface area contributed by atoms with Crippen LogP contribution in [0.3, 0.4) is 0 Å². The molecule has 0 bridgehead atoms. The van der Waals surface area contributed by atoms with Gasteiger partial charge in [-0.1, -0.05) is 32.0 Å². The first-order valence-electron chi connectivity index (χ1n) is 6.24. The maximum absolute atomic E-state index is 5.99. The summed E-state index contributed by atoms with van der Waals surface area (Å²) in [6.45, 7) is 7.05. The van der Waals surface area contributed by atoms with Crippen LogP contribution in [-0.2, 0) is 0 Å². The van der Waals surface area contributed by atoms with Crippen LogP contribution in [0.25, 0.3) is 10.9 Å². The van der Waals surface area contributed by atoms with Gasteiger partial charge in [-0.3, -0.25) is 4.99 Å². The van der Waals surface area contributed by atoms with Gasteiger partial charge >= 0.3 is 0 Å². The third-order valence-electron chi connectivity index (χ3n) is 2.81. The fourth-order valence-electron chi connectivity index (χ4n) is 1.84. The molecule has 94 valence electrons. The molecule has 0 saturated carbocycles. The Labute approximate surface area is 108 Å². The maximum Gasteiger partial charge on any atom is 0.144 e. The number of pyridine rings is 1. The van der Waals surface area contributed by atoms with E-state index in [0.29, 0.717) is 11.8 Å². The van der Waals surface area contributed by atoms with Crippen molar-refractivity contribution < 1.29 is 0 Å². The Balaban J connectivity index is 2.43. The van der Waals surface area contributed by atoms with Crippen molar-refractivity contribution in [3.63, 3.8) is 0 Å². The van der Waals surface area contributed by atoms with E-state index in [9.17, 15) is 0 Å². The minimum absolute atomic E-state index is 0.505.